The largest absolute Gasteiger partial charge is 0.384 e. The number of nitrogens with zero attached hydrogens (tertiary/aromatic N) is 1. The molecule has 0 saturated heterocycles. The Balaban J connectivity index is 1.96. The number of carbonyl (C=O) groups excluding carboxylic acids is 1. The number of hydrogen-bond donors (Lipinski definition) is 2. The summed E-state index contributed by atoms with van der Waals surface area (Å²) in [6, 6.07) is 15.0. The van der Waals surface area contributed by atoms with Gasteiger partial charge in [-0.2, -0.15) is 0 Å². The predicted molar refractivity (Wildman–Crippen MR) is 91.2 cm³/mol. The number of benzene rings is 2. The summed E-state index contributed by atoms with van der Waals surface area (Å²) in [5, 5.41) is 23.7. The number of nitro groups is 1. The first-order valence-electron chi connectivity index (χ1n) is 7.37. The van der Waals surface area contributed by atoms with Crippen molar-refractivity contribution in [3.8, 4) is 0 Å². The maximum Gasteiger partial charge on any atom is 0.270 e. The zero-order valence-electron chi connectivity index (χ0n) is 13.2. The Kier molecular flexibility index (Phi) is 5.44. The van der Waals surface area contributed by atoms with Crippen LogP contribution in [-0.2, 0) is 10.4 Å². The molecular formula is C18H18N2O4. The van der Waals surface area contributed by atoms with E-state index in [1.165, 1.54) is 24.3 Å². The molecular weight excluding hydrogens is 308 g/mol. The van der Waals surface area contributed by atoms with Gasteiger partial charge in [0, 0.05) is 18.2 Å². The summed E-state index contributed by atoms with van der Waals surface area (Å²) in [5.41, 5.74) is 0.0303. The maximum absolute atomic E-state index is 11.9. The topological polar surface area (TPSA) is 92.5 Å². The Morgan fingerprint density at radius 2 is 1.96 bits per heavy atom. The predicted octanol–water partition coefficient (Wildman–Crippen LogP) is 2.63. The first-order chi connectivity index (χ1) is 11.4. The molecule has 1 unspecified atom stereocenters. The molecule has 1 atom stereocenters. The van der Waals surface area contributed by atoms with Crippen LogP contribution >= 0.6 is 0 Å². The molecule has 0 fully saturated rings. The van der Waals surface area contributed by atoms with Crippen molar-refractivity contribution in [2.45, 2.75) is 12.5 Å². The van der Waals surface area contributed by atoms with Gasteiger partial charge in [-0.15, -0.1) is 0 Å². The summed E-state index contributed by atoms with van der Waals surface area (Å²) in [6.07, 6.45) is 2.76. The van der Waals surface area contributed by atoms with Crippen LogP contribution in [0.1, 0.15) is 18.1 Å². The lowest BCUT2D eigenvalue weighted by atomic mass is 9.96. The van der Waals surface area contributed by atoms with Crippen molar-refractivity contribution in [1.82, 2.24) is 5.32 Å². The lowest BCUT2D eigenvalue weighted by Gasteiger charge is -2.23. The molecule has 1 amide bonds. The number of hydrogen-bond acceptors (Lipinski definition) is 4. The van der Waals surface area contributed by atoms with Crippen molar-refractivity contribution in [3.63, 3.8) is 0 Å². The molecule has 0 spiro atoms. The zero-order chi connectivity index (χ0) is 17.6. The Morgan fingerprint density at radius 1 is 1.25 bits per heavy atom. The summed E-state index contributed by atoms with van der Waals surface area (Å²) in [7, 11) is 0. The Morgan fingerprint density at radius 3 is 2.62 bits per heavy atom. The normalized spacial score (nSPS) is 13.4. The highest BCUT2D eigenvalue weighted by molar-refractivity contribution is 5.91. The van der Waals surface area contributed by atoms with Crippen molar-refractivity contribution in [3.05, 3.63) is 81.9 Å². The van der Waals surface area contributed by atoms with E-state index in [9.17, 15) is 20.0 Å². The molecule has 6 heteroatoms. The average Bonchev–Trinajstić information content (AvgIpc) is 2.59. The third kappa shape index (κ3) is 4.76. The molecule has 0 aliphatic carbocycles. The van der Waals surface area contributed by atoms with E-state index in [4.69, 9.17) is 0 Å². The van der Waals surface area contributed by atoms with Crippen molar-refractivity contribution >= 4 is 17.7 Å². The molecule has 0 radical (unpaired) electrons. The summed E-state index contributed by atoms with van der Waals surface area (Å²) < 4.78 is 0. The van der Waals surface area contributed by atoms with Gasteiger partial charge in [0.2, 0.25) is 5.91 Å². The minimum Gasteiger partial charge on any atom is -0.384 e. The molecule has 0 aliphatic heterocycles. The van der Waals surface area contributed by atoms with Crippen molar-refractivity contribution in [2.75, 3.05) is 6.54 Å². The maximum atomic E-state index is 11.9. The number of non-ortho nitro benzene ring substituents is 1. The molecule has 0 aliphatic rings. The van der Waals surface area contributed by atoms with Gasteiger partial charge >= 0.3 is 0 Å². The minimum atomic E-state index is -1.18. The molecule has 2 rings (SSSR count). The number of aliphatic hydroxyl groups is 1. The molecule has 0 heterocycles. The summed E-state index contributed by atoms with van der Waals surface area (Å²) in [6.45, 7) is 1.67. The van der Waals surface area contributed by atoms with E-state index in [2.05, 4.69) is 5.32 Å². The highest BCUT2D eigenvalue weighted by Crippen LogP contribution is 2.19. The number of carbonyl (C=O) groups is 1. The molecule has 124 valence electrons. The first kappa shape index (κ1) is 17.4. The lowest BCUT2D eigenvalue weighted by Crippen LogP contribution is -2.37. The second kappa shape index (κ2) is 7.52. The minimum absolute atomic E-state index is 0.0374. The monoisotopic (exact) mass is 326 g/mol. The van der Waals surface area contributed by atoms with Crippen molar-refractivity contribution < 1.29 is 14.8 Å². The Bertz CT molecular complexity index is 755. The molecule has 24 heavy (non-hydrogen) atoms. The van der Waals surface area contributed by atoms with Crippen molar-refractivity contribution in [1.29, 1.82) is 0 Å². The summed E-state index contributed by atoms with van der Waals surface area (Å²) in [4.78, 5) is 22.1. The molecule has 0 aromatic heterocycles. The highest BCUT2D eigenvalue weighted by atomic mass is 16.6. The molecule has 0 bridgehead atoms. The van der Waals surface area contributed by atoms with E-state index in [1.807, 2.05) is 18.2 Å². The molecule has 2 N–H and O–H groups in total. The second-order valence-electron chi connectivity index (χ2n) is 5.54. The van der Waals surface area contributed by atoms with Crippen molar-refractivity contribution in [2.24, 2.45) is 0 Å². The van der Waals surface area contributed by atoms with Gasteiger partial charge in [-0.1, -0.05) is 42.5 Å². The van der Waals surface area contributed by atoms with Crippen LogP contribution in [0.4, 0.5) is 5.69 Å². The van der Waals surface area contributed by atoms with Gasteiger partial charge < -0.3 is 10.4 Å². The van der Waals surface area contributed by atoms with E-state index in [-0.39, 0.29) is 12.2 Å². The summed E-state index contributed by atoms with van der Waals surface area (Å²) in [5.74, 6) is -0.391. The van der Waals surface area contributed by atoms with Crippen LogP contribution in [0.3, 0.4) is 0 Å². The summed E-state index contributed by atoms with van der Waals surface area (Å²) >= 11 is 0. The van der Waals surface area contributed by atoms with Crippen LogP contribution in [0.5, 0.6) is 0 Å². The lowest BCUT2D eigenvalue weighted by molar-refractivity contribution is -0.384. The average molecular weight is 326 g/mol. The number of nitro benzene ring substituents is 1. The molecule has 2 aromatic carbocycles. The second-order valence-corrected chi connectivity index (χ2v) is 5.54. The van der Waals surface area contributed by atoms with Gasteiger partial charge in [-0.05, 0) is 24.1 Å². The fourth-order valence-corrected chi connectivity index (χ4v) is 2.13. The van der Waals surface area contributed by atoms with Gasteiger partial charge in [0.1, 0.15) is 5.60 Å². The van der Waals surface area contributed by atoms with E-state index in [0.29, 0.717) is 11.1 Å². The number of rotatable bonds is 6. The Labute approximate surface area is 139 Å². The van der Waals surface area contributed by atoms with Crippen LogP contribution in [0.15, 0.2) is 60.7 Å². The van der Waals surface area contributed by atoms with Gasteiger partial charge in [-0.3, -0.25) is 14.9 Å². The molecule has 2 aromatic rings. The standard InChI is InChI=1S/C18H18N2O4/c1-18(22,15-7-3-2-4-8-15)13-19-17(21)11-10-14-6-5-9-16(12-14)20(23)24/h2-12,22H,13H2,1H3,(H,19,21). The fraction of sp³-hybridized carbons (Fsp3) is 0.167. The third-order valence-electron chi connectivity index (χ3n) is 3.51. The van der Waals surface area contributed by atoms with Crippen LogP contribution in [-0.4, -0.2) is 22.5 Å². The van der Waals surface area contributed by atoms with E-state index < -0.39 is 16.4 Å². The quantitative estimate of drug-likeness (QED) is 0.485. The van der Waals surface area contributed by atoms with E-state index in [1.54, 1.807) is 31.2 Å². The SMILES string of the molecule is CC(O)(CNC(=O)C=Cc1cccc([N+](=O)[O-])c1)c1ccccc1. The van der Waals surface area contributed by atoms with Gasteiger partial charge in [0.15, 0.2) is 0 Å². The molecule has 0 saturated carbocycles. The number of amides is 1. The smallest absolute Gasteiger partial charge is 0.270 e. The zero-order valence-corrected chi connectivity index (χ0v) is 13.2. The van der Waals surface area contributed by atoms with Gasteiger partial charge in [0.05, 0.1) is 11.5 Å². The fourth-order valence-electron chi connectivity index (χ4n) is 2.13. The van der Waals surface area contributed by atoms with E-state index >= 15 is 0 Å². The van der Waals surface area contributed by atoms with E-state index in [0.717, 1.165) is 0 Å². The van der Waals surface area contributed by atoms with Crippen LogP contribution in [0.2, 0.25) is 0 Å². The number of nitrogens with one attached hydrogen (secondary N) is 1. The third-order valence-corrected chi connectivity index (χ3v) is 3.51. The van der Waals surface area contributed by atoms with Crippen LogP contribution in [0, 0.1) is 10.1 Å². The highest BCUT2D eigenvalue weighted by Gasteiger charge is 2.22. The molecule has 6 nitrogen and oxygen atoms in total. The van der Waals surface area contributed by atoms with Gasteiger partial charge in [-0.25, -0.2) is 0 Å². The van der Waals surface area contributed by atoms with Crippen LogP contribution < -0.4 is 5.32 Å². The first-order valence-corrected chi connectivity index (χ1v) is 7.37. The Hall–Kier alpha value is -2.99. The van der Waals surface area contributed by atoms with Gasteiger partial charge in [0.25, 0.3) is 5.69 Å². The van der Waals surface area contributed by atoms with Crippen LogP contribution in [0.25, 0.3) is 6.08 Å².